The molecule has 0 radical (unpaired) electrons. The Morgan fingerprint density at radius 2 is 1.96 bits per heavy atom. The number of benzene rings is 2. The first-order valence-corrected chi connectivity index (χ1v) is 10.5. The third-order valence-electron chi connectivity index (χ3n) is 4.56. The Morgan fingerprint density at radius 3 is 2.68 bits per heavy atom. The van der Waals surface area contributed by atoms with Crippen LogP contribution in [0.3, 0.4) is 0 Å². The van der Waals surface area contributed by atoms with Crippen LogP contribution in [0.2, 0.25) is 5.02 Å². The van der Waals surface area contributed by atoms with Crippen molar-refractivity contribution >= 4 is 27.3 Å². The quantitative estimate of drug-likeness (QED) is 0.818. The number of hydrogen-bond donors (Lipinski definition) is 0. The van der Waals surface area contributed by atoms with Gasteiger partial charge >= 0.3 is 0 Å². The van der Waals surface area contributed by atoms with Crippen molar-refractivity contribution in [3.8, 4) is 0 Å². The van der Waals surface area contributed by atoms with Gasteiger partial charge in [-0.1, -0.05) is 35.9 Å². The van der Waals surface area contributed by atoms with Crippen LogP contribution in [0, 0.1) is 0 Å². The molecule has 25 heavy (non-hydrogen) atoms. The molecule has 1 saturated heterocycles. The van der Waals surface area contributed by atoms with E-state index in [0.717, 1.165) is 24.7 Å². The molecule has 1 fully saturated rings. The number of carbonyl (C=O) groups is 1. The van der Waals surface area contributed by atoms with Gasteiger partial charge in [0.25, 0.3) is 5.91 Å². The van der Waals surface area contributed by atoms with E-state index in [9.17, 15) is 13.2 Å². The second-order valence-electron chi connectivity index (χ2n) is 6.39. The Labute approximate surface area is 153 Å². The van der Waals surface area contributed by atoms with Crippen molar-refractivity contribution < 1.29 is 13.2 Å². The minimum Gasteiger partial charge on any atom is -0.335 e. The summed E-state index contributed by atoms with van der Waals surface area (Å²) in [7, 11) is -3.34. The van der Waals surface area contributed by atoms with Crippen LogP contribution >= 0.6 is 11.6 Å². The summed E-state index contributed by atoms with van der Waals surface area (Å²) in [6.07, 6.45) is 3.71. The van der Waals surface area contributed by atoms with E-state index < -0.39 is 9.84 Å². The van der Waals surface area contributed by atoms with E-state index in [0.29, 0.717) is 23.6 Å². The maximum Gasteiger partial charge on any atom is 0.254 e. The molecule has 132 valence electrons. The summed E-state index contributed by atoms with van der Waals surface area (Å²) in [6.45, 7) is 0.678. The van der Waals surface area contributed by atoms with Crippen molar-refractivity contribution in [2.45, 2.75) is 30.2 Å². The molecule has 1 amide bonds. The summed E-state index contributed by atoms with van der Waals surface area (Å²) in [6, 6.07) is 14.0. The largest absolute Gasteiger partial charge is 0.335 e. The number of carbonyl (C=O) groups excluding carboxylic acids is 1. The second-order valence-corrected chi connectivity index (χ2v) is 8.81. The first-order chi connectivity index (χ1) is 11.9. The number of nitrogens with zero attached hydrogens (tertiary/aromatic N) is 1. The maximum absolute atomic E-state index is 12.9. The van der Waals surface area contributed by atoms with Gasteiger partial charge in [0.15, 0.2) is 9.84 Å². The number of likely N-dealkylation sites (tertiary alicyclic amines) is 1. The van der Waals surface area contributed by atoms with E-state index in [2.05, 4.69) is 0 Å². The summed E-state index contributed by atoms with van der Waals surface area (Å²) >= 11 is 6.25. The molecule has 3 rings (SSSR count). The summed E-state index contributed by atoms with van der Waals surface area (Å²) in [5.74, 6) is -0.125. The Bertz CT molecular complexity index is 895. The Hall–Kier alpha value is -1.85. The number of halogens is 1. The van der Waals surface area contributed by atoms with Crippen molar-refractivity contribution in [2.75, 3.05) is 12.8 Å². The molecule has 4 nitrogen and oxygen atoms in total. The van der Waals surface area contributed by atoms with Crippen LogP contribution in [0.4, 0.5) is 0 Å². The third-order valence-corrected chi connectivity index (χ3v) is 6.04. The van der Waals surface area contributed by atoms with Crippen LogP contribution in [0.15, 0.2) is 53.4 Å². The fourth-order valence-corrected chi connectivity index (χ4v) is 4.14. The van der Waals surface area contributed by atoms with Crippen LogP contribution in [0.25, 0.3) is 0 Å². The van der Waals surface area contributed by atoms with E-state index in [-0.39, 0.29) is 16.8 Å². The highest BCUT2D eigenvalue weighted by Gasteiger charge is 2.30. The van der Waals surface area contributed by atoms with E-state index in [1.165, 1.54) is 12.1 Å². The first kappa shape index (κ1) is 18.0. The molecule has 1 aliphatic heterocycles. The molecular formula is C19H20ClNO3S. The van der Waals surface area contributed by atoms with Gasteiger partial charge in [-0.15, -0.1) is 0 Å². The minimum absolute atomic E-state index is 0.0780. The molecule has 0 saturated carbocycles. The van der Waals surface area contributed by atoms with Crippen molar-refractivity contribution in [2.24, 2.45) is 0 Å². The number of hydrogen-bond acceptors (Lipinski definition) is 3. The predicted octanol–water partition coefficient (Wildman–Crippen LogP) is 3.59. The Morgan fingerprint density at radius 1 is 1.20 bits per heavy atom. The van der Waals surface area contributed by atoms with Crippen molar-refractivity contribution in [3.05, 3.63) is 64.7 Å². The van der Waals surface area contributed by atoms with Gasteiger partial charge in [0, 0.05) is 29.4 Å². The van der Waals surface area contributed by atoms with Crippen LogP contribution < -0.4 is 0 Å². The zero-order valence-electron chi connectivity index (χ0n) is 14.0. The lowest BCUT2D eigenvalue weighted by molar-refractivity contribution is 0.0736. The average Bonchev–Trinajstić information content (AvgIpc) is 3.04. The minimum atomic E-state index is -3.34. The zero-order chi connectivity index (χ0) is 18.0. The van der Waals surface area contributed by atoms with Gasteiger partial charge in [-0.05, 0) is 49.1 Å². The molecular weight excluding hydrogens is 358 g/mol. The number of sulfone groups is 1. The lowest BCUT2D eigenvalue weighted by Crippen LogP contribution is -2.36. The summed E-state index contributed by atoms with van der Waals surface area (Å²) in [4.78, 5) is 14.9. The maximum atomic E-state index is 12.9. The standard InChI is InChI=1S/C19H20ClNO3S/c1-25(23,24)17-9-4-7-15(13-17)19(22)21-11-5-8-16(21)12-14-6-2-3-10-18(14)20/h2-4,6-7,9-10,13,16H,5,8,11-12H2,1H3. The smallest absolute Gasteiger partial charge is 0.254 e. The van der Waals surface area contributed by atoms with E-state index in [1.54, 1.807) is 12.1 Å². The molecule has 0 N–H and O–H groups in total. The first-order valence-electron chi connectivity index (χ1n) is 8.21. The van der Waals surface area contributed by atoms with Crippen LogP contribution in [0.1, 0.15) is 28.8 Å². The highest BCUT2D eigenvalue weighted by Crippen LogP contribution is 2.26. The molecule has 1 aliphatic rings. The molecule has 0 spiro atoms. The predicted molar refractivity (Wildman–Crippen MR) is 98.8 cm³/mol. The van der Waals surface area contributed by atoms with Gasteiger partial charge in [-0.3, -0.25) is 4.79 Å². The molecule has 6 heteroatoms. The Kier molecular flexibility index (Phi) is 5.16. The third kappa shape index (κ3) is 4.05. The van der Waals surface area contributed by atoms with Gasteiger partial charge in [0.05, 0.1) is 4.90 Å². The Balaban J connectivity index is 1.83. The SMILES string of the molecule is CS(=O)(=O)c1cccc(C(=O)N2CCCC2Cc2ccccc2Cl)c1. The average molecular weight is 378 g/mol. The van der Waals surface area contributed by atoms with Crippen LogP contribution in [0.5, 0.6) is 0 Å². The van der Waals surface area contributed by atoms with E-state index >= 15 is 0 Å². The van der Waals surface area contributed by atoms with E-state index in [1.807, 2.05) is 29.2 Å². The monoisotopic (exact) mass is 377 g/mol. The zero-order valence-corrected chi connectivity index (χ0v) is 15.6. The molecule has 0 aliphatic carbocycles. The lowest BCUT2D eigenvalue weighted by Gasteiger charge is -2.25. The molecule has 1 unspecified atom stereocenters. The van der Waals surface area contributed by atoms with Crippen molar-refractivity contribution in [1.29, 1.82) is 0 Å². The normalized spacial score (nSPS) is 17.7. The fraction of sp³-hybridized carbons (Fsp3) is 0.316. The van der Waals surface area contributed by atoms with Gasteiger partial charge < -0.3 is 4.90 Å². The van der Waals surface area contributed by atoms with Crippen LogP contribution in [-0.4, -0.2) is 38.1 Å². The van der Waals surface area contributed by atoms with Gasteiger partial charge in [-0.25, -0.2) is 8.42 Å². The van der Waals surface area contributed by atoms with E-state index in [4.69, 9.17) is 11.6 Å². The summed E-state index contributed by atoms with van der Waals surface area (Å²) < 4.78 is 23.5. The molecule has 2 aromatic rings. The molecule has 0 aromatic heterocycles. The molecule has 2 aromatic carbocycles. The topological polar surface area (TPSA) is 54.5 Å². The van der Waals surface area contributed by atoms with Crippen molar-refractivity contribution in [3.63, 3.8) is 0 Å². The molecule has 0 bridgehead atoms. The lowest BCUT2D eigenvalue weighted by atomic mass is 10.0. The number of amides is 1. The highest BCUT2D eigenvalue weighted by molar-refractivity contribution is 7.90. The number of rotatable bonds is 4. The van der Waals surface area contributed by atoms with Gasteiger partial charge in [-0.2, -0.15) is 0 Å². The van der Waals surface area contributed by atoms with Crippen molar-refractivity contribution in [1.82, 2.24) is 4.90 Å². The second kappa shape index (κ2) is 7.18. The summed E-state index contributed by atoms with van der Waals surface area (Å²) in [5.41, 5.74) is 1.44. The highest BCUT2D eigenvalue weighted by atomic mass is 35.5. The summed E-state index contributed by atoms with van der Waals surface area (Å²) in [5, 5.41) is 0.709. The van der Waals surface area contributed by atoms with Crippen LogP contribution in [-0.2, 0) is 16.3 Å². The fourth-order valence-electron chi connectivity index (χ4n) is 3.26. The molecule has 1 atom stereocenters. The van der Waals surface area contributed by atoms with Gasteiger partial charge in [0.1, 0.15) is 0 Å². The molecule has 1 heterocycles. The van der Waals surface area contributed by atoms with Gasteiger partial charge in [0.2, 0.25) is 0 Å².